The number of hydrogen-bond acceptors (Lipinski definition) is 6. The third-order valence-corrected chi connectivity index (χ3v) is 6.45. The largest absolute Gasteiger partial charge is 0.363 e. The lowest BCUT2D eigenvalue weighted by atomic mass is 10.00. The van der Waals surface area contributed by atoms with Crippen molar-refractivity contribution in [2.24, 2.45) is 11.5 Å². The molecular weight excluding hydrogens is 482 g/mol. The van der Waals surface area contributed by atoms with Crippen LogP contribution in [0.5, 0.6) is 0 Å². The number of amides is 4. The summed E-state index contributed by atoms with van der Waals surface area (Å²) in [7, 11) is 0. The van der Waals surface area contributed by atoms with E-state index in [0.29, 0.717) is 6.42 Å². The molecule has 0 saturated carbocycles. The summed E-state index contributed by atoms with van der Waals surface area (Å²) in [5.74, 6) is -1.85. The van der Waals surface area contributed by atoms with E-state index in [1.54, 1.807) is 0 Å². The fraction of sp³-hybridized carbons (Fsp3) is 0.138. The number of aromatic nitrogens is 2. The Morgan fingerprint density at radius 3 is 1.95 bits per heavy atom. The van der Waals surface area contributed by atoms with Gasteiger partial charge in [0.05, 0.1) is 0 Å². The molecule has 0 spiro atoms. The van der Waals surface area contributed by atoms with Crippen molar-refractivity contribution in [1.82, 2.24) is 15.0 Å². The second-order valence-electron chi connectivity index (χ2n) is 9.01. The molecule has 190 valence electrons. The molecule has 0 aliphatic heterocycles. The average molecular weight is 508 g/mol. The Kier molecular flexibility index (Phi) is 6.82. The zero-order chi connectivity index (χ0) is 26.6. The van der Waals surface area contributed by atoms with Gasteiger partial charge < -0.3 is 16.0 Å². The van der Waals surface area contributed by atoms with Crippen LogP contribution in [-0.2, 0) is 17.6 Å². The van der Waals surface area contributed by atoms with E-state index >= 15 is 0 Å². The maximum Gasteiger partial charge on any atom is 0.322 e. The second-order valence-corrected chi connectivity index (χ2v) is 9.01. The lowest BCUT2D eigenvalue weighted by Gasteiger charge is -2.26. The van der Waals surface area contributed by atoms with Crippen LogP contribution in [-0.4, -0.2) is 32.9 Å². The van der Waals surface area contributed by atoms with E-state index in [2.05, 4.69) is 10.1 Å². The summed E-state index contributed by atoms with van der Waals surface area (Å²) < 4.78 is 5.28. The third-order valence-electron chi connectivity index (χ3n) is 6.45. The molecule has 1 heterocycles. The summed E-state index contributed by atoms with van der Waals surface area (Å²) in [6.07, 6.45) is 0.564. The average Bonchev–Trinajstić information content (AvgIpc) is 3.42. The summed E-state index contributed by atoms with van der Waals surface area (Å²) in [6.45, 7) is 0. The second kappa shape index (κ2) is 10.5. The topological polar surface area (TPSA) is 145 Å². The Bertz CT molecular complexity index is 1660. The number of fused-ring (bicyclic) bond motifs is 2. The first-order chi connectivity index (χ1) is 18.4. The molecule has 1 unspecified atom stereocenters. The molecule has 0 aliphatic carbocycles. The normalized spacial score (nSPS) is 11.9. The lowest BCUT2D eigenvalue weighted by molar-refractivity contribution is -0.130. The molecule has 4 aromatic carbocycles. The van der Waals surface area contributed by atoms with Gasteiger partial charge in [0.25, 0.3) is 17.6 Å². The van der Waals surface area contributed by atoms with Gasteiger partial charge in [0, 0.05) is 12.8 Å². The summed E-state index contributed by atoms with van der Waals surface area (Å²) in [5, 5.41) is 7.78. The summed E-state index contributed by atoms with van der Waals surface area (Å²) in [5.41, 5.74) is 12.8. The molecule has 0 saturated heterocycles. The van der Waals surface area contributed by atoms with Gasteiger partial charge in [-0.05, 0) is 39.1 Å². The fourth-order valence-electron chi connectivity index (χ4n) is 4.57. The van der Waals surface area contributed by atoms with Gasteiger partial charge in [-0.15, -0.1) is 0 Å². The van der Waals surface area contributed by atoms with Gasteiger partial charge in [0.1, 0.15) is 6.04 Å². The van der Waals surface area contributed by atoms with Crippen molar-refractivity contribution in [3.8, 4) is 0 Å². The van der Waals surface area contributed by atoms with Crippen LogP contribution in [0.25, 0.3) is 21.5 Å². The highest BCUT2D eigenvalue weighted by molar-refractivity contribution is 5.94. The predicted molar refractivity (Wildman–Crippen MR) is 142 cm³/mol. The van der Waals surface area contributed by atoms with Crippen LogP contribution >= 0.6 is 0 Å². The van der Waals surface area contributed by atoms with Crippen LogP contribution in [0, 0.1) is 0 Å². The minimum Gasteiger partial charge on any atom is -0.363 e. The molecule has 38 heavy (non-hydrogen) atoms. The van der Waals surface area contributed by atoms with Crippen molar-refractivity contribution in [2.45, 2.75) is 25.3 Å². The Morgan fingerprint density at radius 1 is 0.789 bits per heavy atom. The van der Waals surface area contributed by atoms with E-state index in [0.717, 1.165) is 37.6 Å². The highest BCUT2D eigenvalue weighted by Gasteiger charge is 2.34. The lowest BCUT2D eigenvalue weighted by Crippen LogP contribution is -2.44. The first-order valence-corrected chi connectivity index (χ1v) is 12.1. The molecule has 1 aromatic heterocycles. The van der Waals surface area contributed by atoms with E-state index < -0.39 is 23.9 Å². The Morgan fingerprint density at radius 2 is 1.37 bits per heavy atom. The minimum absolute atomic E-state index is 0.0202. The van der Waals surface area contributed by atoms with Crippen LogP contribution in [0.1, 0.15) is 40.1 Å². The smallest absolute Gasteiger partial charge is 0.322 e. The molecule has 0 fully saturated rings. The Balaban J connectivity index is 1.44. The van der Waals surface area contributed by atoms with Crippen molar-refractivity contribution in [3.63, 3.8) is 0 Å². The number of primary amides is 2. The van der Waals surface area contributed by atoms with Crippen molar-refractivity contribution >= 4 is 39.4 Å². The van der Waals surface area contributed by atoms with Crippen LogP contribution < -0.4 is 11.5 Å². The third kappa shape index (κ3) is 5.22. The summed E-state index contributed by atoms with van der Waals surface area (Å²) in [6, 6.07) is 25.5. The molecule has 1 atom stereocenters. The highest BCUT2D eigenvalue weighted by Crippen LogP contribution is 2.27. The van der Waals surface area contributed by atoms with Gasteiger partial charge in [0.15, 0.2) is 0 Å². The number of carbonyl (C=O) groups is 3. The number of rotatable bonds is 8. The van der Waals surface area contributed by atoms with Gasteiger partial charge in [-0.25, -0.2) is 4.79 Å². The van der Waals surface area contributed by atoms with Crippen LogP contribution in [0.2, 0.25) is 0 Å². The van der Waals surface area contributed by atoms with Crippen molar-refractivity contribution in [1.29, 1.82) is 0 Å². The Hall–Kier alpha value is -5.05. The van der Waals surface area contributed by atoms with Crippen molar-refractivity contribution < 1.29 is 18.9 Å². The number of imide groups is 1. The van der Waals surface area contributed by atoms with Gasteiger partial charge in [0.2, 0.25) is 5.91 Å². The van der Waals surface area contributed by atoms with E-state index in [9.17, 15) is 14.4 Å². The van der Waals surface area contributed by atoms with Gasteiger partial charge in [-0.3, -0.25) is 14.5 Å². The van der Waals surface area contributed by atoms with Gasteiger partial charge in [-0.1, -0.05) is 90.1 Å². The number of hydrogen-bond donors (Lipinski definition) is 2. The van der Waals surface area contributed by atoms with E-state index in [4.69, 9.17) is 16.0 Å². The standard InChI is InChI=1S/C29H25N5O4/c30-26(36)27-32-28(38-33-27)24(17-19-10-13-21-6-2-4-8-23(21)16-19)34(29(31)37)25(35)14-11-18-9-12-20-5-1-3-7-22(20)15-18/h1-10,12-13,15-16,24H,11,14,17H2,(H2,30,36)(H2,31,37). The molecule has 5 rings (SSSR count). The molecule has 0 bridgehead atoms. The van der Waals surface area contributed by atoms with Crippen LogP contribution in [0.15, 0.2) is 89.5 Å². The first-order valence-electron chi connectivity index (χ1n) is 12.1. The van der Waals surface area contributed by atoms with Crippen LogP contribution in [0.3, 0.4) is 0 Å². The van der Waals surface area contributed by atoms with E-state index in [-0.39, 0.29) is 24.6 Å². The number of urea groups is 1. The quantitative estimate of drug-likeness (QED) is 0.320. The molecule has 9 nitrogen and oxygen atoms in total. The van der Waals surface area contributed by atoms with E-state index in [1.165, 1.54) is 0 Å². The molecule has 0 radical (unpaired) electrons. The molecule has 4 amide bonds. The number of aryl methyl sites for hydroxylation is 1. The molecular formula is C29H25N5O4. The number of nitrogens with two attached hydrogens (primary N) is 2. The Labute approximate surface area is 218 Å². The van der Waals surface area contributed by atoms with Gasteiger partial charge >= 0.3 is 6.03 Å². The monoisotopic (exact) mass is 507 g/mol. The fourth-order valence-corrected chi connectivity index (χ4v) is 4.57. The molecule has 9 heteroatoms. The zero-order valence-corrected chi connectivity index (χ0v) is 20.4. The maximum absolute atomic E-state index is 13.4. The van der Waals surface area contributed by atoms with Crippen molar-refractivity contribution in [2.75, 3.05) is 0 Å². The number of nitrogens with zero attached hydrogens (tertiary/aromatic N) is 3. The number of benzene rings is 4. The van der Waals surface area contributed by atoms with E-state index in [1.807, 2.05) is 84.9 Å². The first kappa shape index (κ1) is 24.6. The molecule has 5 aromatic rings. The van der Waals surface area contributed by atoms with Crippen molar-refractivity contribution in [3.05, 3.63) is 108 Å². The minimum atomic E-state index is -1.03. The molecule has 0 aliphatic rings. The summed E-state index contributed by atoms with van der Waals surface area (Å²) >= 11 is 0. The SMILES string of the molecule is NC(=O)c1noc(C(Cc2ccc3ccccc3c2)N(C(N)=O)C(=O)CCc2ccc3ccccc3c2)n1. The number of carbonyl (C=O) groups excluding carboxylic acids is 3. The predicted octanol–water partition coefficient (Wildman–Crippen LogP) is 4.30. The summed E-state index contributed by atoms with van der Waals surface area (Å²) in [4.78, 5) is 42.6. The van der Waals surface area contributed by atoms with Crippen LogP contribution in [0.4, 0.5) is 4.79 Å². The maximum atomic E-state index is 13.4. The molecule has 4 N–H and O–H groups in total. The zero-order valence-electron chi connectivity index (χ0n) is 20.4. The van der Waals surface area contributed by atoms with Gasteiger partial charge in [-0.2, -0.15) is 4.98 Å². The highest BCUT2D eigenvalue weighted by atomic mass is 16.5.